The van der Waals surface area contributed by atoms with Gasteiger partial charge in [-0.2, -0.15) is 5.10 Å². The smallest absolute Gasteiger partial charge is 0.305 e. The Balaban J connectivity index is 2.09. The minimum absolute atomic E-state index is 0.0229. The molecule has 3 N–H and O–H groups in total. The summed E-state index contributed by atoms with van der Waals surface area (Å²) in [5.41, 5.74) is 2.55. The first-order valence-corrected chi connectivity index (χ1v) is 11.2. The van der Waals surface area contributed by atoms with Gasteiger partial charge in [-0.1, -0.05) is 26.0 Å². The summed E-state index contributed by atoms with van der Waals surface area (Å²) in [6, 6.07) is 7.78. The van der Waals surface area contributed by atoms with Crippen molar-refractivity contribution in [3.63, 3.8) is 0 Å². The average Bonchev–Trinajstić information content (AvgIpc) is 3.22. The van der Waals surface area contributed by atoms with E-state index in [2.05, 4.69) is 5.10 Å². The van der Waals surface area contributed by atoms with Gasteiger partial charge in [0.25, 0.3) is 0 Å². The summed E-state index contributed by atoms with van der Waals surface area (Å²) < 4.78 is 15.3. The van der Waals surface area contributed by atoms with E-state index in [9.17, 15) is 19.4 Å². The number of hydrogen-bond acceptors (Lipinski definition) is 7. The number of aryl methyl sites for hydroxylation is 1. The third kappa shape index (κ3) is 6.49. The van der Waals surface area contributed by atoms with E-state index in [1.807, 2.05) is 34.0 Å². The minimum Gasteiger partial charge on any atom is -0.481 e. The molecule has 2 heterocycles. The molecule has 0 aliphatic carbocycles. The SMILES string of the molecule is CC(C)c1nc(N(C)c2ccnn2C)nc(-c2ccc(F)cc2)c1C=C[C@@H](O)C[C@@H](O)CC(=O)O. The van der Waals surface area contributed by atoms with Crippen LogP contribution in [0.4, 0.5) is 16.2 Å². The highest BCUT2D eigenvalue weighted by molar-refractivity contribution is 5.75. The first kappa shape index (κ1) is 26.0. The van der Waals surface area contributed by atoms with E-state index in [0.29, 0.717) is 28.5 Å². The average molecular weight is 484 g/mol. The van der Waals surface area contributed by atoms with Crippen LogP contribution in [0.1, 0.15) is 43.9 Å². The fourth-order valence-corrected chi connectivity index (χ4v) is 3.70. The van der Waals surface area contributed by atoms with Crippen LogP contribution in [0, 0.1) is 5.82 Å². The number of anilines is 2. The predicted octanol–water partition coefficient (Wildman–Crippen LogP) is 3.51. The second-order valence-corrected chi connectivity index (χ2v) is 8.62. The molecule has 0 aliphatic heterocycles. The number of nitrogens with zero attached hydrogens (tertiary/aromatic N) is 5. The maximum atomic E-state index is 13.7. The second kappa shape index (κ2) is 11.2. The Morgan fingerprint density at radius 2 is 1.86 bits per heavy atom. The van der Waals surface area contributed by atoms with Gasteiger partial charge in [0.15, 0.2) is 0 Å². The van der Waals surface area contributed by atoms with E-state index in [0.717, 1.165) is 5.82 Å². The Kier molecular flexibility index (Phi) is 8.31. The summed E-state index contributed by atoms with van der Waals surface area (Å²) in [5.74, 6) is -0.345. The van der Waals surface area contributed by atoms with Gasteiger partial charge >= 0.3 is 5.97 Å². The van der Waals surface area contributed by atoms with Crippen molar-refractivity contribution in [2.45, 2.75) is 44.8 Å². The van der Waals surface area contributed by atoms with Gasteiger partial charge in [0.2, 0.25) is 5.95 Å². The highest BCUT2D eigenvalue weighted by Crippen LogP contribution is 2.32. The topological polar surface area (TPSA) is 125 Å². The van der Waals surface area contributed by atoms with Crippen LogP contribution < -0.4 is 4.90 Å². The lowest BCUT2D eigenvalue weighted by Gasteiger charge is -2.22. The van der Waals surface area contributed by atoms with Crippen LogP contribution in [0.15, 0.2) is 42.6 Å². The lowest BCUT2D eigenvalue weighted by molar-refractivity contribution is -0.139. The van der Waals surface area contributed by atoms with Gasteiger partial charge in [-0.3, -0.25) is 14.4 Å². The maximum Gasteiger partial charge on any atom is 0.305 e. The number of halogens is 1. The molecule has 0 saturated heterocycles. The number of aromatic nitrogens is 4. The lowest BCUT2D eigenvalue weighted by atomic mass is 9.97. The fraction of sp³-hybridized carbons (Fsp3) is 0.360. The number of aliphatic hydroxyl groups excluding tert-OH is 2. The van der Waals surface area contributed by atoms with Crippen LogP contribution in [0.5, 0.6) is 0 Å². The molecular formula is C25H30FN5O4. The quantitative estimate of drug-likeness (QED) is 0.400. The fourth-order valence-electron chi connectivity index (χ4n) is 3.70. The Hall–Kier alpha value is -3.63. The highest BCUT2D eigenvalue weighted by Gasteiger charge is 2.21. The Morgan fingerprint density at radius 3 is 2.43 bits per heavy atom. The van der Waals surface area contributed by atoms with Crippen molar-refractivity contribution in [2.75, 3.05) is 11.9 Å². The summed E-state index contributed by atoms with van der Waals surface area (Å²) in [5, 5.41) is 33.3. The van der Waals surface area contributed by atoms with Crippen molar-refractivity contribution in [3.8, 4) is 11.3 Å². The van der Waals surface area contributed by atoms with Crippen LogP contribution in [0.25, 0.3) is 17.3 Å². The molecule has 0 saturated carbocycles. The first-order valence-electron chi connectivity index (χ1n) is 11.2. The molecule has 0 bridgehead atoms. The van der Waals surface area contributed by atoms with Gasteiger partial charge in [-0.15, -0.1) is 0 Å². The van der Waals surface area contributed by atoms with Gasteiger partial charge in [-0.05, 0) is 30.2 Å². The summed E-state index contributed by atoms with van der Waals surface area (Å²) in [7, 11) is 3.64. The Labute approximate surface area is 203 Å². The van der Waals surface area contributed by atoms with Crippen LogP contribution >= 0.6 is 0 Å². The number of rotatable bonds is 10. The first-order chi connectivity index (χ1) is 16.6. The summed E-state index contributed by atoms with van der Waals surface area (Å²) >= 11 is 0. The molecule has 0 aliphatic rings. The molecule has 9 nitrogen and oxygen atoms in total. The molecule has 3 aromatic rings. The molecule has 0 fully saturated rings. The molecule has 0 amide bonds. The van der Waals surface area contributed by atoms with Gasteiger partial charge < -0.3 is 15.3 Å². The van der Waals surface area contributed by atoms with E-state index in [1.54, 1.807) is 34.0 Å². The third-order valence-corrected chi connectivity index (χ3v) is 5.48. The number of hydrogen-bond donors (Lipinski definition) is 3. The molecule has 1 aromatic carbocycles. The third-order valence-electron chi connectivity index (χ3n) is 5.48. The second-order valence-electron chi connectivity index (χ2n) is 8.62. The molecular weight excluding hydrogens is 453 g/mol. The zero-order valence-corrected chi connectivity index (χ0v) is 20.1. The standard InChI is InChI=1S/C25H30FN5O4/c1-15(2)23-20(10-9-18(32)13-19(33)14-22(34)35)24(16-5-7-17(26)8-6-16)29-25(28-23)30(3)21-11-12-27-31(21)4/h5-12,15,18-19,32-33H,13-14H2,1-4H3,(H,34,35)/t18-,19-/m1/s1. The van der Waals surface area contributed by atoms with Crippen LogP contribution in [0.3, 0.4) is 0 Å². The molecule has 2 aromatic heterocycles. The number of aliphatic hydroxyl groups is 2. The predicted molar refractivity (Wildman–Crippen MR) is 131 cm³/mol. The van der Waals surface area contributed by atoms with Crippen molar-refractivity contribution in [1.29, 1.82) is 0 Å². The monoisotopic (exact) mass is 483 g/mol. The minimum atomic E-state index is -1.18. The molecule has 0 radical (unpaired) electrons. The summed E-state index contributed by atoms with van der Waals surface area (Å²) in [4.78, 5) is 22.2. The number of benzene rings is 1. The number of carbonyl (C=O) groups is 1. The van der Waals surface area contributed by atoms with E-state index in [4.69, 9.17) is 15.1 Å². The molecule has 186 valence electrons. The van der Waals surface area contributed by atoms with E-state index >= 15 is 0 Å². The van der Waals surface area contributed by atoms with Crippen LogP contribution in [0.2, 0.25) is 0 Å². The van der Waals surface area contributed by atoms with Crippen LogP contribution in [-0.4, -0.2) is 60.3 Å². The van der Waals surface area contributed by atoms with Crippen molar-refractivity contribution in [2.24, 2.45) is 7.05 Å². The van der Waals surface area contributed by atoms with Crippen molar-refractivity contribution < 1.29 is 24.5 Å². The zero-order chi connectivity index (χ0) is 25.7. The maximum absolute atomic E-state index is 13.7. The van der Waals surface area contributed by atoms with Gasteiger partial charge in [0.1, 0.15) is 11.6 Å². The molecule has 10 heteroatoms. The van der Waals surface area contributed by atoms with Gasteiger partial charge in [0.05, 0.1) is 36.2 Å². The molecule has 35 heavy (non-hydrogen) atoms. The number of carboxylic acid groups (broad SMARTS) is 1. The summed E-state index contributed by atoms with van der Waals surface area (Å²) in [6.45, 7) is 3.96. The highest BCUT2D eigenvalue weighted by atomic mass is 19.1. The van der Waals surface area contributed by atoms with Crippen LogP contribution in [-0.2, 0) is 11.8 Å². The van der Waals surface area contributed by atoms with Crippen molar-refractivity contribution in [1.82, 2.24) is 19.7 Å². The van der Waals surface area contributed by atoms with E-state index in [-0.39, 0.29) is 18.2 Å². The zero-order valence-electron chi connectivity index (χ0n) is 20.1. The van der Waals surface area contributed by atoms with Gasteiger partial charge in [-0.25, -0.2) is 14.4 Å². The molecule has 3 rings (SSSR count). The van der Waals surface area contributed by atoms with Crippen molar-refractivity contribution in [3.05, 3.63) is 59.7 Å². The van der Waals surface area contributed by atoms with E-state index in [1.165, 1.54) is 18.2 Å². The van der Waals surface area contributed by atoms with E-state index < -0.39 is 24.6 Å². The molecule has 0 unspecified atom stereocenters. The summed E-state index contributed by atoms with van der Waals surface area (Å²) in [6.07, 6.45) is 1.97. The number of aliphatic carboxylic acids is 1. The Bertz CT molecular complexity index is 1190. The normalized spacial score (nSPS) is 13.4. The Morgan fingerprint density at radius 1 is 1.17 bits per heavy atom. The number of carboxylic acids is 1. The van der Waals surface area contributed by atoms with Crippen molar-refractivity contribution >= 4 is 23.8 Å². The lowest BCUT2D eigenvalue weighted by Crippen LogP contribution is -2.19. The molecule has 0 spiro atoms. The van der Waals surface area contributed by atoms with Gasteiger partial charge in [0, 0.05) is 37.7 Å². The molecule has 2 atom stereocenters. The largest absolute Gasteiger partial charge is 0.481 e.